The molecule has 0 spiro atoms. The van der Waals surface area contributed by atoms with Crippen molar-refractivity contribution in [2.75, 3.05) is 31.7 Å². The van der Waals surface area contributed by atoms with Crippen LogP contribution in [-0.4, -0.2) is 49.8 Å². The zero-order valence-electron chi connectivity index (χ0n) is 13.9. The van der Waals surface area contributed by atoms with Crippen molar-refractivity contribution < 1.29 is 4.74 Å². The van der Waals surface area contributed by atoms with Crippen LogP contribution in [0.4, 0.5) is 0 Å². The van der Waals surface area contributed by atoms with E-state index in [2.05, 4.69) is 43.2 Å². The third-order valence-corrected chi connectivity index (χ3v) is 6.01. The van der Waals surface area contributed by atoms with Crippen LogP contribution in [0.3, 0.4) is 0 Å². The summed E-state index contributed by atoms with van der Waals surface area (Å²) in [6.07, 6.45) is 4.05. The maximum Gasteiger partial charge on any atom is 0.191 e. The minimum Gasteiger partial charge on any atom is -0.381 e. The zero-order chi connectivity index (χ0) is 15.3. The van der Waals surface area contributed by atoms with E-state index >= 15 is 0 Å². The number of methoxy groups -OCH3 is 1. The van der Waals surface area contributed by atoms with Crippen LogP contribution in [0.25, 0.3) is 0 Å². The van der Waals surface area contributed by atoms with E-state index in [1.807, 2.05) is 7.11 Å². The number of rotatable bonds is 5. The van der Waals surface area contributed by atoms with E-state index in [4.69, 9.17) is 9.73 Å². The topological polar surface area (TPSA) is 45.7 Å². The van der Waals surface area contributed by atoms with Gasteiger partial charge in [-0.2, -0.15) is 11.8 Å². The van der Waals surface area contributed by atoms with Gasteiger partial charge in [-0.15, -0.1) is 0 Å². The van der Waals surface area contributed by atoms with Gasteiger partial charge in [-0.1, -0.05) is 13.8 Å². The normalized spacial score (nSPS) is 29.8. The summed E-state index contributed by atoms with van der Waals surface area (Å²) < 4.78 is 5.53. The number of ether oxygens (including phenoxy) is 1. The summed E-state index contributed by atoms with van der Waals surface area (Å²) in [6.45, 7) is 8.52. The predicted octanol–water partition coefficient (Wildman–Crippen LogP) is 2.50. The Kier molecular flexibility index (Phi) is 6.23. The minimum atomic E-state index is 0.173. The molecule has 21 heavy (non-hydrogen) atoms. The smallest absolute Gasteiger partial charge is 0.191 e. The predicted molar refractivity (Wildman–Crippen MR) is 92.1 cm³/mol. The maximum absolute atomic E-state index is 5.53. The first-order chi connectivity index (χ1) is 10.1. The van der Waals surface area contributed by atoms with Gasteiger partial charge in [-0.25, -0.2) is 0 Å². The molecule has 0 amide bonds. The summed E-state index contributed by atoms with van der Waals surface area (Å²) in [7, 11) is 1.81. The molecular formula is C16H31N3OS. The number of guanidine groups is 1. The molecule has 5 heteroatoms. The molecule has 0 bridgehead atoms. The molecule has 122 valence electrons. The standard InChI is InChI=1S/C16H31N3OS/c1-5-17-15(18-11-12-6-8-21-9-7-12)19-13-10-14(20-4)16(13,2)3/h12-14H,5-11H2,1-4H3,(H2,17,18,19). The summed E-state index contributed by atoms with van der Waals surface area (Å²) in [4.78, 5) is 4.82. The SMILES string of the molecule is CCNC(=NCC1CCSCC1)NC1CC(OC)C1(C)C. The number of nitrogens with one attached hydrogen (secondary N) is 2. The van der Waals surface area contributed by atoms with Crippen molar-refractivity contribution in [2.24, 2.45) is 16.3 Å². The third-order valence-electron chi connectivity index (χ3n) is 4.97. The van der Waals surface area contributed by atoms with Crippen molar-refractivity contribution in [1.82, 2.24) is 10.6 Å². The molecule has 1 aliphatic carbocycles. The first kappa shape index (κ1) is 16.9. The zero-order valence-corrected chi connectivity index (χ0v) is 14.8. The molecule has 1 saturated heterocycles. The van der Waals surface area contributed by atoms with Gasteiger partial charge in [0.15, 0.2) is 5.96 Å². The summed E-state index contributed by atoms with van der Waals surface area (Å²) in [5.41, 5.74) is 0.173. The maximum atomic E-state index is 5.53. The Bertz CT molecular complexity index is 353. The number of nitrogens with zero attached hydrogens (tertiary/aromatic N) is 1. The Balaban J connectivity index is 1.86. The van der Waals surface area contributed by atoms with Gasteiger partial charge >= 0.3 is 0 Å². The minimum absolute atomic E-state index is 0.173. The molecule has 0 aromatic rings. The molecule has 2 rings (SSSR count). The molecule has 0 aromatic carbocycles. The van der Waals surface area contributed by atoms with Crippen molar-refractivity contribution in [1.29, 1.82) is 0 Å². The van der Waals surface area contributed by atoms with Crippen LogP contribution in [0.5, 0.6) is 0 Å². The molecule has 1 saturated carbocycles. The van der Waals surface area contributed by atoms with Crippen LogP contribution in [0.1, 0.15) is 40.0 Å². The molecule has 2 N–H and O–H groups in total. The van der Waals surface area contributed by atoms with Crippen molar-refractivity contribution in [3.05, 3.63) is 0 Å². The second kappa shape index (κ2) is 7.73. The van der Waals surface area contributed by atoms with E-state index < -0.39 is 0 Å². The second-order valence-electron chi connectivity index (χ2n) is 6.75. The number of hydrogen-bond donors (Lipinski definition) is 2. The van der Waals surface area contributed by atoms with Crippen molar-refractivity contribution >= 4 is 17.7 Å². The van der Waals surface area contributed by atoms with E-state index in [0.717, 1.165) is 31.4 Å². The summed E-state index contributed by atoms with van der Waals surface area (Å²) >= 11 is 2.08. The van der Waals surface area contributed by atoms with Crippen LogP contribution in [-0.2, 0) is 4.74 Å². The van der Waals surface area contributed by atoms with Gasteiger partial charge in [-0.05, 0) is 43.6 Å². The highest BCUT2D eigenvalue weighted by atomic mass is 32.2. The lowest BCUT2D eigenvalue weighted by Gasteiger charge is -2.51. The Hall–Kier alpha value is -0.420. The molecule has 1 aliphatic heterocycles. The Morgan fingerprint density at radius 1 is 1.33 bits per heavy atom. The largest absolute Gasteiger partial charge is 0.381 e. The number of aliphatic imine (C=N–C) groups is 1. The molecule has 2 atom stereocenters. The first-order valence-corrected chi connectivity index (χ1v) is 9.38. The van der Waals surface area contributed by atoms with E-state index in [9.17, 15) is 0 Å². The van der Waals surface area contributed by atoms with Gasteiger partial charge in [0.1, 0.15) is 0 Å². The number of thioether (sulfide) groups is 1. The van der Waals surface area contributed by atoms with Crippen LogP contribution >= 0.6 is 11.8 Å². The van der Waals surface area contributed by atoms with Crippen LogP contribution < -0.4 is 10.6 Å². The number of hydrogen-bond acceptors (Lipinski definition) is 3. The summed E-state index contributed by atoms with van der Waals surface area (Å²) in [5.74, 6) is 4.34. The molecule has 4 nitrogen and oxygen atoms in total. The molecule has 2 unspecified atom stereocenters. The molecule has 2 fully saturated rings. The van der Waals surface area contributed by atoms with Crippen LogP contribution in [0.2, 0.25) is 0 Å². The Morgan fingerprint density at radius 3 is 2.62 bits per heavy atom. The highest BCUT2D eigenvalue weighted by molar-refractivity contribution is 7.99. The third kappa shape index (κ3) is 4.28. The van der Waals surface area contributed by atoms with Gasteiger partial charge in [0.05, 0.1) is 6.10 Å². The first-order valence-electron chi connectivity index (χ1n) is 8.23. The lowest BCUT2D eigenvalue weighted by molar-refractivity contribution is -0.0922. The van der Waals surface area contributed by atoms with Crippen molar-refractivity contribution in [3.63, 3.8) is 0 Å². The van der Waals surface area contributed by atoms with E-state index in [-0.39, 0.29) is 5.41 Å². The molecular weight excluding hydrogens is 282 g/mol. The summed E-state index contributed by atoms with van der Waals surface area (Å²) in [5, 5.41) is 6.99. The molecule has 0 aromatic heterocycles. The van der Waals surface area contributed by atoms with Gasteiger partial charge in [0.25, 0.3) is 0 Å². The Morgan fingerprint density at radius 2 is 2.05 bits per heavy atom. The Labute approximate surface area is 133 Å². The van der Waals surface area contributed by atoms with Gasteiger partial charge in [0, 0.05) is 31.7 Å². The van der Waals surface area contributed by atoms with Gasteiger partial charge < -0.3 is 15.4 Å². The molecule has 1 heterocycles. The average molecular weight is 314 g/mol. The van der Waals surface area contributed by atoms with Crippen molar-refractivity contribution in [2.45, 2.75) is 52.2 Å². The highest BCUT2D eigenvalue weighted by Crippen LogP contribution is 2.42. The molecule has 0 radical (unpaired) electrons. The highest BCUT2D eigenvalue weighted by Gasteiger charge is 2.48. The van der Waals surface area contributed by atoms with Crippen LogP contribution in [0, 0.1) is 11.3 Å². The summed E-state index contributed by atoms with van der Waals surface area (Å²) in [6, 6.07) is 0.446. The monoisotopic (exact) mass is 313 g/mol. The van der Waals surface area contributed by atoms with Crippen LogP contribution in [0.15, 0.2) is 4.99 Å². The van der Waals surface area contributed by atoms with E-state index in [1.54, 1.807) is 0 Å². The molecule has 2 aliphatic rings. The van der Waals surface area contributed by atoms with E-state index in [1.165, 1.54) is 24.3 Å². The quantitative estimate of drug-likeness (QED) is 0.605. The fraction of sp³-hybridized carbons (Fsp3) is 0.938. The van der Waals surface area contributed by atoms with Crippen molar-refractivity contribution in [3.8, 4) is 0 Å². The fourth-order valence-corrected chi connectivity index (χ4v) is 4.37. The fourth-order valence-electron chi connectivity index (χ4n) is 3.16. The second-order valence-corrected chi connectivity index (χ2v) is 7.98. The average Bonchev–Trinajstić information content (AvgIpc) is 2.49. The van der Waals surface area contributed by atoms with Gasteiger partial charge in [-0.3, -0.25) is 4.99 Å². The van der Waals surface area contributed by atoms with Gasteiger partial charge in [0.2, 0.25) is 0 Å². The lowest BCUT2D eigenvalue weighted by Crippen LogP contribution is -2.63. The lowest BCUT2D eigenvalue weighted by atomic mass is 9.64. The van der Waals surface area contributed by atoms with E-state index in [0.29, 0.717) is 12.1 Å².